The third-order valence-electron chi connectivity index (χ3n) is 3.38. The zero-order valence-electron chi connectivity index (χ0n) is 9.34. The highest BCUT2D eigenvalue weighted by molar-refractivity contribution is 4.85. The van der Waals surface area contributed by atoms with Gasteiger partial charge in [0.25, 0.3) is 0 Å². The van der Waals surface area contributed by atoms with E-state index in [1.807, 2.05) is 0 Å². The Labute approximate surface area is 87.3 Å². The van der Waals surface area contributed by atoms with E-state index in [-0.39, 0.29) is 6.10 Å². The van der Waals surface area contributed by atoms with Crippen molar-refractivity contribution in [2.75, 3.05) is 0 Å². The normalized spacial score (nSPS) is 33.2. The van der Waals surface area contributed by atoms with Gasteiger partial charge in [-0.1, -0.05) is 32.6 Å². The molecular formula is C12H24O2. The molecule has 0 saturated heterocycles. The van der Waals surface area contributed by atoms with E-state index < -0.39 is 5.60 Å². The second kappa shape index (κ2) is 5.72. The summed E-state index contributed by atoms with van der Waals surface area (Å²) in [6.07, 6.45) is 8.82. The van der Waals surface area contributed by atoms with Crippen LogP contribution in [0, 0.1) is 0 Å². The highest BCUT2D eigenvalue weighted by Crippen LogP contribution is 2.32. The maximum Gasteiger partial charge on any atom is 0.0649 e. The van der Waals surface area contributed by atoms with Crippen LogP contribution in [0.2, 0.25) is 0 Å². The van der Waals surface area contributed by atoms with E-state index >= 15 is 0 Å². The van der Waals surface area contributed by atoms with Crippen molar-refractivity contribution in [2.45, 2.75) is 76.4 Å². The van der Waals surface area contributed by atoms with Crippen molar-refractivity contribution in [1.82, 2.24) is 0 Å². The van der Waals surface area contributed by atoms with Gasteiger partial charge in [0.1, 0.15) is 0 Å². The summed E-state index contributed by atoms with van der Waals surface area (Å²) < 4.78 is 0. The van der Waals surface area contributed by atoms with Crippen LogP contribution < -0.4 is 0 Å². The summed E-state index contributed by atoms with van der Waals surface area (Å²) in [6, 6.07) is 0. The van der Waals surface area contributed by atoms with Gasteiger partial charge in [0.15, 0.2) is 0 Å². The molecule has 0 heterocycles. The lowest BCUT2D eigenvalue weighted by atomic mass is 9.80. The molecule has 0 aromatic heterocycles. The summed E-state index contributed by atoms with van der Waals surface area (Å²) in [5.74, 6) is 0. The number of unbranched alkanes of at least 4 members (excludes halogenated alkanes) is 3. The Bertz CT molecular complexity index is 148. The predicted molar refractivity (Wildman–Crippen MR) is 58.2 cm³/mol. The van der Waals surface area contributed by atoms with E-state index in [1.54, 1.807) is 0 Å². The molecule has 2 heteroatoms. The van der Waals surface area contributed by atoms with Crippen molar-refractivity contribution in [2.24, 2.45) is 0 Å². The predicted octanol–water partition coefficient (Wildman–Crippen LogP) is 2.62. The fourth-order valence-electron chi connectivity index (χ4n) is 2.27. The van der Waals surface area contributed by atoms with Gasteiger partial charge in [-0.05, 0) is 32.1 Å². The first-order chi connectivity index (χ1) is 6.66. The van der Waals surface area contributed by atoms with Crippen LogP contribution in [-0.2, 0) is 0 Å². The first-order valence-electron chi connectivity index (χ1n) is 6.07. The van der Waals surface area contributed by atoms with Crippen LogP contribution in [0.15, 0.2) is 0 Å². The molecule has 1 saturated carbocycles. The molecule has 1 aliphatic carbocycles. The monoisotopic (exact) mass is 200 g/mol. The minimum Gasteiger partial charge on any atom is -0.393 e. The lowest BCUT2D eigenvalue weighted by Gasteiger charge is -2.34. The summed E-state index contributed by atoms with van der Waals surface area (Å²) in [4.78, 5) is 0. The standard InChI is InChI=1S/C12H24O2/c1-2-3-4-5-8-12(14)9-6-11(13)7-10-12/h11,13-14H,2-10H2,1H3. The third kappa shape index (κ3) is 3.97. The molecule has 2 nitrogen and oxygen atoms in total. The molecule has 2 N–H and O–H groups in total. The van der Waals surface area contributed by atoms with Crippen LogP contribution in [0.5, 0.6) is 0 Å². The number of aliphatic hydroxyl groups is 2. The Morgan fingerprint density at radius 1 is 1.14 bits per heavy atom. The summed E-state index contributed by atoms with van der Waals surface area (Å²) in [5.41, 5.74) is -0.451. The van der Waals surface area contributed by atoms with Crippen LogP contribution in [0.4, 0.5) is 0 Å². The molecule has 0 atom stereocenters. The summed E-state index contributed by atoms with van der Waals surface area (Å²) in [6.45, 7) is 2.20. The van der Waals surface area contributed by atoms with Crippen LogP contribution in [0.25, 0.3) is 0 Å². The fourth-order valence-corrected chi connectivity index (χ4v) is 2.27. The number of hydrogen-bond acceptors (Lipinski definition) is 2. The Hall–Kier alpha value is -0.0800. The van der Waals surface area contributed by atoms with Crippen molar-refractivity contribution >= 4 is 0 Å². The van der Waals surface area contributed by atoms with E-state index in [1.165, 1.54) is 19.3 Å². The highest BCUT2D eigenvalue weighted by atomic mass is 16.3. The van der Waals surface area contributed by atoms with Gasteiger partial charge >= 0.3 is 0 Å². The van der Waals surface area contributed by atoms with Crippen molar-refractivity contribution in [1.29, 1.82) is 0 Å². The maximum absolute atomic E-state index is 10.2. The SMILES string of the molecule is CCCCCCC1(O)CCC(O)CC1. The number of hydrogen-bond donors (Lipinski definition) is 2. The fraction of sp³-hybridized carbons (Fsp3) is 1.00. The topological polar surface area (TPSA) is 40.5 Å². The quantitative estimate of drug-likeness (QED) is 0.670. The lowest BCUT2D eigenvalue weighted by Crippen LogP contribution is -2.35. The molecule has 1 aliphatic rings. The average molecular weight is 200 g/mol. The van der Waals surface area contributed by atoms with E-state index in [2.05, 4.69) is 6.92 Å². The molecule has 0 radical (unpaired) electrons. The average Bonchev–Trinajstić information content (AvgIpc) is 2.18. The zero-order valence-corrected chi connectivity index (χ0v) is 9.34. The second-order valence-electron chi connectivity index (χ2n) is 4.77. The molecule has 0 unspecified atom stereocenters. The van der Waals surface area contributed by atoms with E-state index in [0.717, 1.165) is 38.5 Å². The molecular weight excluding hydrogens is 176 g/mol. The van der Waals surface area contributed by atoms with Gasteiger partial charge < -0.3 is 10.2 Å². The highest BCUT2D eigenvalue weighted by Gasteiger charge is 2.31. The second-order valence-corrected chi connectivity index (χ2v) is 4.77. The first kappa shape index (κ1) is 12.0. The van der Waals surface area contributed by atoms with Gasteiger partial charge in [-0.25, -0.2) is 0 Å². The van der Waals surface area contributed by atoms with E-state index in [9.17, 15) is 10.2 Å². The van der Waals surface area contributed by atoms with Gasteiger partial charge in [-0.15, -0.1) is 0 Å². The largest absolute Gasteiger partial charge is 0.393 e. The molecule has 1 rings (SSSR count). The minimum atomic E-state index is -0.451. The van der Waals surface area contributed by atoms with Gasteiger partial charge in [0.2, 0.25) is 0 Å². The van der Waals surface area contributed by atoms with Crippen molar-refractivity contribution in [3.8, 4) is 0 Å². The van der Waals surface area contributed by atoms with Crippen LogP contribution >= 0.6 is 0 Å². The zero-order chi connectivity index (χ0) is 10.4. The smallest absolute Gasteiger partial charge is 0.0649 e. The molecule has 0 bridgehead atoms. The Kier molecular flexibility index (Phi) is 4.90. The van der Waals surface area contributed by atoms with Crippen LogP contribution in [0.3, 0.4) is 0 Å². The molecule has 84 valence electrons. The summed E-state index contributed by atoms with van der Waals surface area (Å²) in [5, 5.41) is 19.5. The maximum atomic E-state index is 10.2. The van der Waals surface area contributed by atoms with Crippen molar-refractivity contribution in [3.63, 3.8) is 0 Å². The molecule has 14 heavy (non-hydrogen) atoms. The first-order valence-corrected chi connectivity index (χ1v) is 6.07. The van der Waals surface area contributed by atoms with E-state index in [0.29, 0.717) is 0 Å². The lowest BCUT2D eigenvalue weighted by molar-refractivity contribution is -0.0388. The molecule has 0 aliphatic heterocycles. The van der Waals surface area contributed by atoms with Gasteiger partial charge in [-0.2, -0.15) is 0 Å². The molecule has 0 aromatic carbocycles. The van der Waals surface area contributed by atoms with Crippen LogP contribution in [0.1, 0.15) is 64.7 Å². The molecule has 0 amide bonds. The van der Waals surface area contributed by atoms with Gasteiger partial charge in [-0.3, -0.25) is 0 Å². The van der Waals surface area contributed by atoms with E-state index in [4.69, 9.17) is 0 Å². The number of rotatable bonds is 5. The Balaban J connectivity index is 2.15. The van der Waals surface area contributed by atoms with Crippen LogP contribution in [-0.4, -0.2) is 21.9 Å². The number of aliphatic hydroxyl groups excluding tert-OH is 1. The molecule has 1 fully saturated rings. The minimum absolute atomic E-state index is 0.161. The van der Waals surface area contributed by atoms with Gasteiger partial charge in [0, 0.05) is 0 Å². The Morgan fingerprint density at radius 3 is 2.36 bits per heavy atom. The van der Waals surface area contributed by atoms with Crippen molar-refractivity contribution in [3.05, 3.63) is 0 Å². The van der Waals surface area contributed by atoms with Crippen molar-refractivity contribution < 1.29 is 10.2 Å². The molecule has 0 aromatic rings. The summed E-state index contributed by atoms with van der Waals surface area (Å²) in [7, 11) is 0. The molecule has 0 spiro atoms. The summed E-state index contributed by atoms with van der Waals surface area (Å²) >= 11 is 0. The Morgan fingerprint density at radius 2 is 1.79 bits per heavy atom. The third-order valence-corrected chi connectivity index (χ3v) is 3.38. The van der Waals surface area contributed by atoms with Gasteiger partial charge in [0.05, 0.1) is 11.7 Å².